The Kier molecular flexibility index (Phi) is 7.03. The van der Waals surface area contributed by atoms with Crippen molar-refractivity contribution in [3.05, 3.63) is 41.0 Å². The molecule has 0 spiro atoms. The fourth-order valence-corrected chi connectivity index (χ4v) is 2.76. The van der Waals surface area contributed by atoms with E-state index in [9.17, 15) is 8.78 Å². The van der Waals surface area contributed by atoms with Gasteiger partial charge in [-0.25, -0.2) is 0 Å². The van der Waals surface area contributed by atoms with Gasteiger partial charge >= 0.3 is 6.61 Å². The number of rotatable bonds is 7. The highest BCUT2D eigenvalue weighted by atomic mass is 19.3. The first-order valence-corrected chi connectivity index (χ1v) is 8.25. The van der Waals surface area contributed by atoms with E-state index in [0.29, 0.717) is 18.1 Å². The van der Waals surface area contributed by atoms with Crippen LogP contribution < -0.4 is 15.4 Å². The van der Waals surface area contributed by atoms with Gasteiger partial charge in [-0.2, -0.15) is 8.78 Å². The lowest BCUT2D eigenvalue weighted by atomic mass is 10.1. The third-order valence-electron chi connectivity index (χ3n) is 3.98. The van der Waals surface area contributed by atoms with Crippen molar-refractivity contribution in [2.45, 2.75) is 45.8 Å². The summed E-state index contributed by atoms with van der Waals surface area (Å²) in [6, 6.07) is 5.16. The van der Waals surface area contributed by atoms with E-state index in [1.807, 2.05) is 13.0 Å². The molecule has 1 aliphatic rings. The van der Waals surface area contributed by atoms with Crippen molar-refractivity contribution in [2.24, 2.45) is 4.99 Å². The van der Waals surface area contributed by atoms with Crippen LogP contribution in [0.15, 0.2) is 34.8 Å². The van der Waals surface area contributed by atoms with Gasteiger partial charge in [0.2, 0.25) is 0 Å². The zero-order chi connectivity index (χ0) is 17.4. The molecule has 1 aromatic rings. The van der Waals surface area contributed by atoms with Crippen molar-refractivity contribution >= 4 is 5.96 Å². The molecule has 132 valence electrons. The number of nitrogens with zero attached hydrogens (tertiary/aromatic N) is 1. The second-order valence-electron chi connectivity index (χ2n) is 5.85. The van der Waals surface area contributed by atoms with Gasteiger partial charge in [0.1, 0.15) is 5.75 Å². The molecule has 0 bridgehead atoms. The van der Waals surface area contributed by atoms with Gasteiger partial charge in [-0.3, -0.25) is 4.99 Å². The topological polar surface area (TPSA) is 45.7 Å². The Morgan fingerprint density at radius 3 is 2.83 bits per heavy atom. The summed E-state index contributed by atoms with van der Waals surface area (Å²) in [6.07, 6.45) is 6.93. The molecule has 0 unspecified atom stereocenters. The van der Waals surface area contributed by atoms with Crippen LogP contribution in [-0.2, 0) is 6.54 Å². The van der Waals surface area contributed by atoms with E-state index in [0.717, 1.165) is 18.5 Å². The number of benzene rings is 1. The van der Waals surface area contributed by atoms with Crippen molar-refractivity contribution in [1.82, 2.24) is 10.6 Å². The molecule has 0 saturated carbocycles. The van der Waals surface area contributed by atoms with E-state index < -0.39 is 6.61 Å². The van der Waals surface area contributed by atoms with Gasteiger partial charge in [-0.1, -0.05) is 29.3 Å². The number of ether oxygens (including phenoxy) is 1. The molecule has 0 heterocycles. The Labute approximate surface area is 142 Å². The number of nitrogens with one attached hydrogen (secondary N) is 2. The minimum Gasteiger partial charge on any atom is -0.434 e. The fourth-order valence-electron chi connectivity index (χ4n) is 2.76. The summed E-state index contributed by atoms with van der Waals surface area (Å²) in [6.45, 7) is 0.257. The number of halogens is 2. The number of hydrogen-bond donors (Lipinski definition) is 2. The quantitative estimate of drug-likeness (QED) is 0.452. The second-order valence-corrected chi connectivity index (χ2v) is 5.85. The minimum absolute atomic E-state index is 0.190. The van der Waals surface area contributed by atoms with Crippen LogP contribution in [0.2, 0.25) is 0 Å². The molecule has 0 atom stereocenters. The van der Waals surface area contributed by atoms with Gasteiger partial charge in [-0.05, 0) is 38.7 Å². The molecular formula is C18H25F2N3O. The van der Waals surface area contributed by atoms with Crippen LogP contribution in [0.3, 0.4) is 0 Å². The lowest BCUT2D eigenvalue weighted by Crippen LogP contribution is -2.37. The molecule has 2 N–H and O–H groups in total. The van der Waals surface area contributed by atoms with E-state index in [4.69, 9.17) is 0 Å². The van der Waals surface area contributed by atoms with Gasteiger partial charge in [-0.15, -0.1) is 0 Å². The number of hydrogen-bond acceptors (Lipinski definition) is 2. The van der Waals surface area contributed by atoms with Crippen LogP contribution in [-0.4, -0.2) is 26.2 Å². The Morgan fingerprint density at radius 1 is 1.33 bits per heavy atom. The van der Waals surface area contributed by atoms with Crippen LogP contribution in [0.5, 0.6) is 5.75 Å². The van der Waals surface area contributed by atoms with E-state index in [1.165, 1.54) is 24.8 Å². The first-order valence-electron chi connectivity index (χ1n) is 8.25. The summed E-state index contributed by atoms with van der Waals surface area (Å²) in [4.78, 5) is 4.17. The molecule has 0 saturated heterocycles. The summed E-state index contributed by atoms with van der Waals surface area (Å²) in [5, 5.41) is 6.40. The average molecular weight is 337 g/mol. The molecule has 0 aromatic heterocycles. The molecule has 0 fully saturated rings. The first kappa shape index (κ1) is 18.2. The summed E-state index contributed by atoms with van der Waals surface area (Å²) in [5.41, 5.74) is 3.16. The fraction of sp³-hybridized carbons (Fsp3) is 0.500. The van der Waals surface area contributed by atoms with E-state index in [-0.39, 0.29) is 5.75 Å². The van der Waals surface area contributed by atoms with Crippen LogP contribution in [0, 0.1) is 6.92 Å². The molecule has 1 aromatic carbocycles. The normalized spacial score (nSPS) is 14.7. The molecule has 24 heavy (non-hydrogen) atoms. The SMILES string of the molecule is CN=C(NCCC1=CCCC1)NCc1cc(C)ccc1OC(F)F. The number of guanidine groups is 1. The second kappa shape index (κ2) is 9.25. The average Bonchev–Trinajstić information content (AvgIpc) is 3.06. The number of alkyl halides is 2. The Hall–Kier alpha value is -2.11. The molecule has 6 heteroatoms. The highest BCUT2D eigenvalue weighted by Crippen LogP contribution is 2.22. The maximum atomic E-state index is 12.5. The van der Waals surface area contributed by atoms with E-state index >= 15 is 0 Å². The Balaban J connectivity index is 1.86. The van der Waals surface area contributed by atoms with Gasteiger partial charge in [0.25, 0.3) is 0 Å². The first-order chi connectivity index (χ1) is 11.6. The molecular weight excluding hydrogens is 312 g/mol. The number of aliphatic imine (C=N–C) groups is 1. The summed E-state index contributed by atoms with van der Waals surface area (Å²) in [7, 11) is 1.69. The van der Waals surface area contributed by atoms with Gasteiger partial charge < -0.3 is 15.4 Å². The maximum absolute atomic E-state index is 12.5. The van der Waals surface area contributed by atoms with Crippen molar-refractivity contribution in [3.63, 3.8) is 0 Å². The summed E-state index contributed by atoms with van der Waals surface area (Å²) >= 11 is 0. The van der Waals surface area contributed by atoms with Crippen molar-refractivity contribution in [2.75, 3.05) is 13.6 Å². The maximum Gasteiger partial charge on any atom is 0.387 e. The number of allylic oxidation sites excluding steroid dienone is 1. The van der Waals surface area contributed by atoms with Crippen molar-refractivity contribution in [3.8, 4) is 5.75 Å². The van der Waals surface area contributed by atoms with Crippen LogP contribution in [0.1, 0.15) is 36.8 Å². The van der Waals surface area contributed by atoms with Crippen LogP contribution in [0.4, 0.5) is 8.78 Å². The van der Waals surface area contributed by atoms with E-state index in [1.54, 1.807) is 19.2 Å². The zero-order valence-corrected chi connectivity index (χ0v) is 14.2. The third-order valence-corrected chi connectivity index (χ3v) is 3.98. The predicted molar refractivity (Wildman–Crippen MR) is 92.6 cm³/mol. The molecule has 2 rings (SSSR count). The van der Waals surface area contributed by atoms with E-state index in [2.05, 4.69) is 26.4 Å². The monoisotopic (exact) mass is 337 g/mol. The number of aryl methyl sites for hydroxylation is 1. The molecule has 1 aliphatic carbocycles. The van der Waals surface area contributed by atoms with Gasteiger partial charge in [0, 0.05) is 25.7 Å². The Bertz CT molecular complexity index is 600. The van der Waals surface area contributed by atoms with Crippen molar-refractivity contribution in [1.29, 1.82) is 0 Å². The third kappa shape index (κ3) is 5.83. The summed E-state index contributed by atoms with van der Waals surface area (Å²) in [5.74, 6) is 0.841. The van der Waals surface area contributed by atoms with Gasteiger partial charge in [0.15, 0.2) is 5.96 Å². The standard InChI is InChI=1S/C18H25F2N3O/c1-13-7-8-16(24-17(19)20)15(11-13)12-23-18(21-2)22-10-9-14-5-3-4-6-14/h5,7-8,11,17H,3-4,6,9-10,12H2,1-2H3,(H2,21,22,23). The molecule has 0 radical (unpaired) electrons. The molecule has 4 nitrogen and oxygen atoms in total. The predicted octanol–water partition coefficient (Wildman–Crippen LogP) is 3.76. The molecule has 0 aliphatic heterocycles. The highest BCUT2D eigenvalue weighted by Gasteiger charge is 2.11. The zero-order valence-electron chi connectivity index (χ0n) is 14.2. The smallest absolute Gasteiger partial charge is 0.387 e. The highest BCUT2D eigenvalue weighted by molar-refractivity contribution is 5.79. The lowest BCUT2D eigenvalue weighted by molar-refractivity contribution is -0.0504. The van der Waals surface area contributed by atoms with Crippen LogP contribution >= 0.6 is 0 Å². The minimum atomic E-state index is -2.83. The summed E-state index contributed by atoms with van der Waals surface area (Å²) < 4.78 is 29.6. The molecule has 0 amide bonds. The van der Waals surface area contributed by atoms with Crippen LogP contribution in [0.25, 0.3) is 0 Å². The van der Waals surface area contributed by atoms with Crippen molar-refractivity contribution < 1.29 is 13.5 Å². The lowest BCUT2D eigenvalue weighted by Gasteiger charge is -2.15. The Morgan fingerprint density at radius 2 is 2.17 bits per heavy atom. The largest absolute Gasteiger partial charge is 0.434 e. The van der Waals surface area contributed by atoms with Gasteiger partial charge in [0.05, 0.1) is 0 Å².